The number of aromatic nitrogens is 2. The fourth-order valence-electron chi connectivity index (χ4n) is 3.70. The van der Waals surface area contributed by atoms with Crippen molar-refractivity contribution in [3.8, 4) is 11.5 Å². The van der Waals surface area contributed by atoms with Crippen molar-refractivity contribution in [2.75, 3.05) is 11.5 Å². The summed E-state index contributed by atoms with van der Waals surface area (Å²) < 4.78 is 10.6. The number of thiophene rings is 1. The highest BCUT2D eigenvalue weighted by Gasteiger charge is 2.44. The van der Waals surface area contributed by atoms with Crippen molar-refractivity contribution >= 4 is 28.9 Å². The van der Waals surface area contributed by atoms with Crippen molar-refractivity contribution < 1.29 is 18.7 Å². The lowest BCUT2D eigenvalue weighted by Crippen LogP contribution is -2.28. The summed E-state index contributed by atoms with van der Waals surface area (Å²) in [6.45, 7) is 2.07. The molecule has 1 aliphatic rings. The van der Waals surface area contributed by atoms with Gasteiger partial charge in [0.05, 0.1) is 18.4 Å². The van der Waals surface area contributed by atoms with E-state index >= 15 is 0 Å². The molecular formula is C22H17N3O4S. The van der Waals surface area contributed by atoms with Gasteiger partial charge in [0, 0.05) is 16.1 Å². The molecule has 4 aromatic rings. The highest BCUT2D eigenvalue weighted by atomic mass is 32.1. The maximum atomic E-state index is 13.3. The van der Waals surface area contributed by atoms with Crippen molar-refractivity contribution in [2.24, 2.45) is 0 Å². The van der Waals surface area contributed by atoms with Crippen molar-refractivity contribution in [2.45, 2.75) is 13.0 Å². The average Bonchev–Trinajstić information content (AvgIpc) is 3.54. The Bertz CT molecular complexity index is 1190. The molecule has 1 aliphatic heterocycles. The lowest BCUT2D eigenvalue weighted by Gasteiger charge is -2.25. The first-order valence-electron chi connectivity index (χ1n) is 9.45. The van der Waals surface area contributed by atoms with Gasteiger partial charge in [0.1, 0.15) is 11.7 Å². The molecule has 0 saturated carbocycles. The number of benzene rings is 1. The second-order valence-electron chi connectivity index (χ2n) is 6.70. The SMILES string of the molecule is CCOC(=O)c1ccc(N2C(=O)c3n[nH]c(-c4ccco4)c3[C@H]2c2cccs2)cc1. The van der Waals surface area contributed by atoms with Crippen molar-refractivity contribution in [1.82, 2.24) is 10.2 Å². The van der Waals surface area contributed by atoms with E-state index in [1.807, 2.05) is 23.6 Å². The van der Waals surface area contributed by atoms with Crippen molar-refractivity contribution in [1.29, 1.82) is 0 Å². The molecule has 0 aliphatic carbocycles. The highest BCUT2D eigenvalue weighted by Crippen LogP contribution is 2.46. The zero-order chi connectivity index (χ0) is 20.7. The van der Waals surface area contributed by atoms with E-state index in [1.165, 1.54) is 0 Å². The lowest BCUT2D eigenvalue weighted by atomic mass is 10.0. The Morgan fingerprint density at radius 3 is 2.73 bits per heavy atom. The monoisotopic (exact) mass is 419 g/mol. The summed E-state index contributed by atoms with van der Waals surface area (Å²) in [4.78, 5) is 28.0. The van der Waals surface area contributed by atoms with Crippen molar-refractivity contribution in [3.63, 3.8) is 0 Å². The highest BCUT2D eigenvalue weighted by molar-refractivity contribution is 7.10. The van der Waals surface area contributed by atoms with Gasteiger partial charge in [-0.15, -0.1) is 11.3 Å². The molecule has 1 amide bonds. The van der Waals surface area contributed by atoms with Crippen LogP contribution in [0.2, 0.25) is 0 Å². The Balaban J connectivity index is 1.60. The summed E-state index contributed by atoms with van der Waals surface area (Å²) in [6.07, 6.45) is 1.59. The lowest BCUT2D eigenvalue weighted by molar-refractivity contribution is 0.0526. The summed E-state index contributed by atoms with van der Waals surface area (Å²) in [7, 11) is 0. The molecule has 1 atom stereocenters. The van der Waals surface area contributed by atoms with Crippen LogP contribution < -0.4 is 4.90 Å². The maximum absolute atomic E-state index is 13.3. The number of H-pyrrole nitrogens is 1. The van der Waals surface area contributed by atoms with Gasteiger partial charge in [-0.25, -0.2) is 4.79 Å². The fourth-order valence-corrected chi connectivity index (χ4v) is 4.53. The molecule has 1 N–H and O–H groups in total. The van der Waals surface area contributed by atoms with E-state index in [2.05, 4.69) is 10.2 Å². The van der Waals surface area contributed by atoms with Crippen LogP contribution in [-0.4, -0.2) is 28.7 Å². The molecule has 7 nitrogen and oxygen atoms in total. The standard InChI is InChI=1S/C22H17N3O4S/c1-2-28-22(27)13-7-9-14(10-8-13)25-20(16-6-4-12-30-16)17-18(15-5-3-11-29-15)23-24-19(17)21(25)26/h3-12,20H,2H2,1H3,(H,23,24)/t20-/m1/s1. The number of nitrogens with zero attached hydrogens (tertiary/aromatic N) is 2. The van der Waals surface area contributed by atoms with E-state index < -0.39 is 0 Å². The number of amides is 1. The zero-order valence-corrected chi connectivity index (χ0v) is 16.8. The summed E-state index contributed by atoms with van der Waals surface area (Å²) in [5.74, 6) is 0.0267. The minimum atomic E-state index is -0.389. The second-order valence-corrected chi connectivity index (χ2v) is 7.68. The Hall–Kier alpha value is -3.65. The topological polar surface area (TPSA) is 88.4 Å². The number of rotatable bonds is 5. The van der Waals surface area contributed by atoms with Crippen LogP contribution in [0.15, 0.2) is 64.6 Å². The molecule has 3 aromatic heterocycles. The first-order chi connectivity index (χ1) is 14.7. The van der Waals surface area contributed by atoms with E-state index in [1.54, 1.807) is 59.8 Å². The molecular weight excluding hydrogens is 402 g/mol. The van der Waals surface area contributed by atoms with Crippen LogP contribution in [0.1, 0.15) is 44.3 Å². The molecule has 4 heterocycles. The molecule has 1 aromatic carbocycles. The minimum absolute atomic E-state index is 0.207. The number of anilines is 1. The normalized spacial score (nSPS) is 15.4. The fraction of sp³-hybridized carbons (Fsp3) is 0.136. The zero-order valence-electron chi connectivity index (χ0n) is 16.0. The maximum Gasteiger partial charge on any atom is 0.338 e. The Morgan fingerprint density at radius 2 is 2.07 bits per heavy atom. The number of furan rings is 1. The number of aromatic amines is 1. The van der Waals surface area contributed by atoms with Gasteiger partial charge in [-0.2, -0.15) is 5.10 Å². The van der Waals surface area contributed by atoms with Gasteiger partial charge in [0.2, 0.25) is 0 Å². The number of esters is 1. The molecule has 8 heteroatoms. The number of carbonyl (C=O) groups is 2. The van der Waals surface area contributed by atoms with Crippen LogP contribution in [0, 0.1) is 0 Å². The first kappa shape index (κ1) is 18.4. The van der Waals surface area contributed by atoms with Gasteiger partial charge in [0.15, 0.2) is 11.5 Å². The number of hydrogen-bond donors (Lipinski definition) is 1. The van der Waals surface area contributed by atoms with Crippen molar-refractivity contribution in [3.05, 3.63) is 81.9 Å². The number of carbonyl (C=O) groups excluding carboxylic acids is 2. The number of fused-ring (bicyclic) bond motifs is 1. The Morgan fingerprint density at radius 1 is 1.23 bits per heavy atom. The summed E-state index contributed by atoms with van der Waals surface area (Å²) in [5, 5.41) is 9.24. The van der Waals surface area contributed by atoms with Crippen LogP contribution in [0.5, 0.6) is 0 Å². The summed E-state index contributed by atoms with van der Waals surface area (Å²) in [5.41, 5.74) is 2.96. The van der Waals surface area contributed by atoms with Crippen LogP contribution in [0.4, 0.5) is 5.69 Å². The molecule has 150 valence electrons. The smallest absolute Gasteiger partial charge is 0.338 e. The van der Waals surface area contributed by atoms with Gasteiger partial charge in [-0.1, -0.05) is 6.07 Å². The molecule has 0 saturated heterocycles. The molecule has 0 unspecified atom stereocenters. The molecule has 0 bridgehead atoms. The Kier molecular flexibility index (Phi) is 4.48. The van der Waals surface area contributed by atoms with E-state index in [0.717, 1.165) is 10.4 Å². The molecule has 0 radical (unpaired) electrons. The summed E-state index contributed by atoms with van der Waals surface area (Å²) >= 11 is 1.57. The van der Waals surface area contributed by atoms with E-state index in [-0.39, 0.29) is 17.9 Å². The van der Waals surface area contributed by atoms with Crippen LogP contribution in [-0.2, 0) is 4.74 Å². The first-order valence-corrected chi connectivity index (χ1v) is 10.3. The largest absolute Gasteiger partial charge is 0.463 e. The van der Waals surface area contributed by atoms with E-state index in [0.29, 0.717) is 35.0 Å². The van der Waals surface area contributed by atoms with Gasteiger partial charge in [0.25, 0.3) is 5.91 Å². The Labute approximate surface area is 175 Å². The van der Waals surface area contributed by atoms with Crippen LogP contribution >= 0.6 is 11.3 Å². The van der Waals surface area contributed by atoms with E-state index in [4.69, 9.17) is 9.15 Å². The molecule has 0 spiro atoms. The molecule has 0 fully saturated rings. The summed E-state index contributed by atoms with van der Waals surface area (Å²) in [6, 6.07) is 14.1. The van der Waals surface area contributed by atoms with E-state index in [9.17, 15) is 9.59 Å². The number of ether oxygens (including phenoxy) is 1. The third-order valence-electron chi connectivity index (χ3n) is 4.99. The third kappa shape index (κ3) is 2.84. The minimum Gasteiger partial charge on any atom is -0.463 e. The van der Waals surface area contributed by atoms with Crippen LogP contribution in [0.3, 0.4) is 0 Å². The quantitative estimate of drug-likeness (QED) is 0.476. The van der Waals surface area contributed by atoms with Crippen LogP contribution in [0.25, 0.3) is 11.5 Å². The second kappa shape index (κ2) is 7.31. The predicted octanol–water partition coefficient (Wildman–Crippen LogP) is 4.66. The number of hydrogen-bond acceptors (Lipinski definition) is 6. The average molecular weight is 419 g/mol. The van der Waals surface area contributed by atoms with Gasteiger partial charge >= 0.3 is 5.97 Å². The number of nitrogens with one attached hydrogen (secondary N) is 1. The molecule has 30 heavy (non-hydrogen) atoms. The molecule has 5 rings (SSSR count). The predicted molar refractivity (Wildman–Crippen MR) is 112 cm³/mol. The third-order valence-corrected chi connectivity index (χ3v) is 5.92. The van der Waals surface area contributed by atoms with Gasteiger partial charge in [-0.05, 0) is 54.8 Å². The van der Waals surface area contributed by atoms with Gasteiger partial charge < -0.3 is 9.15 Å². The van der Waals surface area contributed by atoms with Gasteiger partial charge in [-0.3, -0.25) is 14.8 Å².